The van der Waals surface area contributed by atoms with E-state index < -0.39 is 10.0 Å². The normalized spacial score (nSPS) is 25.4. The Hall–Kier alpha value is -1.68. The average molecular weight is 454 g/mol. The van der Waals surface area contributed by atoms with E-state index in [1.165, 1.54) is 23.9 Å². The highest BCUT2D eigenvalue weighted by molar-refractivity contribution is 7.89. The summed E-state index contributed by atoms with van der Waals surface area (Å²) in [5.41, 5.74) is 0.230. The molecular weight excluding hydrogens is 418 g/mol. The van der Waals surface area contributed by atoms with Gasteiger partial charge in [-0.3, -0.25) is 4.79 Å². The van der Waals surface area contributed by atoms with E-state index >= 15 is 0 Å². The first-order valence-electron chi connectivity index (χ1n) is 10.9. The van der Waals surface area contributed by atoms with Crippen LogP contribution in [0.5, 0.6) is 5.75 Å². The maximum atomic E-state index is 13.2. The lowest BCUT2D eigenvalue weighted by Gasteiger charge is -2.45. The van der Waals surface area contributed by atoms with Crippen molar-refractivity contribution in [2.24, 2.45) is 5.92 Å². The number of nitrogens with zero attached hydrogens (tertiary/aromatic N) is 2. The molecule has 1 N–H and O–H groups in total. The number of nitrogens with one attached hydrogen (secondary N) is 1. The van der Waals surface area contributed by atoms with Crippen molar-refractivity contribution in [2.45, 2.75) is 43.0 Å². The quantitative estimate of drug-likeness (QED) is 0.679. The van der Waals surface area contributed by atoms with E-state index in [-0.39, 0.29) is 35.2 Å². The Kier molecular flexibility index (Phi) is 7.62. The van der Waals surface area contributed by atoms with E-state index in [2.05, 4.69) is 31.2 Å². The average Bonchev–Trinajstić information content (AvgIpc) is 2.77. The Labute approximate surface area is 185 Å². The Morgan fingerprint density at radius 2 is 2.03 bits per heavy atom. The number of hydrogen-bond donors (Lipinski definition) is 1. The van der Waals surface area contributed by atoms with Crippen LogP contribution in [0.3, 0.4) is 0 Å². The molecule has 2 unspecified atom stereocenters. The summed E-state index contributed by atoms with van der Waals surface area (Å²) in [4.78, 5) is 15.2. The summed E-state index contributed by atoms with van der Waals surface area (Å²) < 4.78 is 38.3. The molecule has 0 spiro atoms. The lowest BCUT2D eigenvalue weighted by molar-refractivity contribution is 0.0675. The first kappa shape index (κ1) is 24.0. The maximum absolute atomic E-state index is 13.2. The Morgan fingerprint density at radius 3 is 2.65 bits per heavy atom. The van der Waals surface area contributed by atoms with Crippen molar-refractivity contribution in [3.63, 3.8) is 0 Å². The molecule has 0 radical (unpaired) electrons. The standard InChI is InChI=1S/C22H35N3O5S/c1-17-6-5-9-22(15-17,24(2)3)16-23-21(26)18-7-8-19(29-4)20(14-18)31(27,28)25-10-12-30-13-11-25/h7-8,14,17H,5-6,9-13,15-16H2,1-4H3,(H,23,26). The van der Waals surface area contributed by atoms with Gasteiger partial charge in [0, 0.05) is 30.7 Å². The minimum absolute atomic E-state index is 0.0122. The second-order valence-electron chi connectivity index (χ2n) is 8.89. The number of ether oxygens (including phenoxy) is 2. The highest BCUT2D eigenvalue weighted by Gasteiger charge is 2.37. The molecule has 1 aromatic rings. The summed E-state index contributed by atoms with van der Waals surface area (Å²) >= 11 is 0. The molecule has 9 heteroatoms. The van der Waals surface area contributed by atoms with Crippen molar-refractivity contribution >= 4 is 15.9 Å². The topological polar surface area (TPSA) is 88.2 Å². The van der Waals surface area contributed by atoms with Crippen LogP contribution >= 0.6 is 0 Å². The lowest BCUT2D eigenvalue weighted by Crippen LogP contribution is -2.55. The highest BCUT2D eigenvalue weighted by atomic mass is 32.2. The summed E-state index contributed by atoms with van der Waals surface area (Å²) in [6.07, 6.45) is 4.41. The third-order valence-electron chi connectivity index (χ3n) is 6.61. The van der Waals surface area contributed by atoms with E-state index in [0.29, 0.717) is 31.2 Å². The number of rotatable bonds is 7. The molecule has 2 aliphatic rings. The molecule has 174 valence electrons. The molecule has 2 fully saturated rings. The van der Waals surface area contributed by atoms with E-state index in [1.54, 1.807) is 12.1 Å². The third kappa shape index (κ3) is 5.22. The van der Waals surface area contributed by atoms with Crippen LogP contribution in [0.1, 0.15) is 43.0 Å². The van der Waals surface area contributed by atoms with Gasteiger partial charge >= 0.3 is 0 Å². The molecule has 1 aliphatic heterocycles. The van der Waals surface area contributed by atoms with Gasteiger partial charge in [0.15, 0.2) is 0 Å². The van der Waals surface area contributed by atoms with Crippen LogP contribution in [0.25, 0.3) is 0 Å². The van der Waals surface area contributed by atoms with Crippen LogP contribution in [0.2, 0.25) is 0 Å². The minimum Gasteiger partial charge on any atom is -0.495 e. The number of hydrogen-bond acceptors (Lipinski definition) is 6. The van der Waals surface area contributed by atoms with Crippen molar-refractivity contribution in [3.8, 4) is 5.75 Å². The summed E-state index contributed by atoms with van der Waals surface area (Å²) in [5.74, 6) is 0.564. The first-order valence-corrected chi connectivity index (χ1v) is 12.4. The number of benzene rings is 1. The molecule has 1 saturated heterocycles. The molecule has 2 atom stereocenters. The van der Waals surface area contributed by atoms with Crippen LogP contribution < -0.4 is 10.1 Å². The van der Waals surface area contributed by atoms with Crippen molar-refractivity contribution < 1.29 is 22.7 Å². The van der Waals surface area contributed by atoms with Gasteiger partial charge in [-0.15, -0.1) is 0 Å². The molecule has 1 amide bonds. The fourth-order valence-corrected chi connectivity index (χ4v) is 6.24. The second kappa shape index (κ2) is 9.85. The SMILES string of the molecule is COc1ccc(C(=O)NCC2(N(C)C)CCCC(C)C2)cc1S(=O)(=O)N1CCOCC1. The fraction of sp³-hybridized carbons (Fsp3) is 0.682. The number of morpholine rings is 1. The molecule has 3 rings (SSSR count). The number of amides is 1. The van der Waals surface area contributed by atoms with Gasteiger partial charge in [-0.25, -0.2) is 8.42 Å². The number of carbonyl (C=O) groups excluding carboxylic acids is 1. The maximum Gasteiger partial charge on any atom is 0.251 e. The third-order valence-corrected chi connectivity index (χ3v) is 8.53. The zero-order valence-electron chi connectivity index (χ0n) is 19.0. The number of likely N-dealkylation sites (N-methyl/N-ethyl adjacent to an activating group) is 1. The largest absolute Gasteiger partial charge is 0.495 e. The lowest BCUT2D eigenvalue weighted by atomic mass is 9.75. The molecule has 1 aliphatic carbocycles. The van der Waals surface area contributed by atoms with Gasteiger partial charge in [0.05, 0.1) is 20.3 Å². The fourth-order valence-electron chi connectivity index (χ4n) is 4.65. The second-order valence-corrected chi connectivity index (χ2v) is 10.8. The monoisotopic (exact) mass is 453 g/mol. The molecule has 0 aromatic heterocycles. The van der Waals surface area contributed by atoms with Gasteiger partial charge < -0.3 is 19.7 Å². The number of sulfonamides is 1. The molecule has 1 aromatic carbocycles. The molecule has 8 nitrogen and oxygen atoms in total. The smallest absolute Gasteiger partial charge is 0.251 e. The Morgan fingerprint density at radius 1 is 1.32 bits per heavy atom. The summed E-state index contributed by atoms with van der Waals surface area (Å²) in [7, 11) is 1.76. The molecular formula is C22H35N3O5S. The van der Waals surface area contributed by atoms with Gasteiger partial charge in [0.2, 0.25) is 10.0 Å². The number of carbonyl (C=O) groups is 1. The first-order chi connectivity index (χ1) is 14.7. The Balaban J connectivity index is 1.81. The highest BCUT2D eigenvalue weighted by Crippen LogP contribution is 2.35. The van der Waals surface area contributed by atoms with Crippen molar-refractivity contribution in [2.75, 3.05) is 54.1 Å². The van der Waals surface area contributed by atoms with Gasteiger partial charge in [0.1, 0.15) is 10.6 Å². The Bertz CT molecular complexity index is 883. The van der Waals surface area contributed by atoms with Crippen LogP contribution in [-0.4, -0.2) is 83.1 Å². The van der Waals surface area contributed by atoms with Gasteiger partial charge in [-0.2, -0.15) is 4.31 Å². The van der Waals surface area contributed by atoms with E-state index in [0.717, 1.165) is 19.3 Å². The van der Waals surface area contributed by atoms with E-state index in [1.807, 2.05) is 0 Å². The predicted octanol–water partition coefficient (Wildman–Crippen LogP) is 1.96. The zero-order chi connectivity index (χ0) is 22.6. The molecule has 0 bridgehead atoms. The van der Waals surface area contributed by atoms with Crippen molar-refractivity contribution in [1.82, 2.24) is 14.5 Å². The van der Waals surface area contributed by atoms with Gasteiger partial charge in [0.25, 0.3) is 5.91 Å². The van der Waals surface area contributed by atoms with Crippen LogP contribution in [0.15, 0.2) is 23.1 Å². The summed E-state index contributed by atoms with van der Waals surface area (Å²) in [5, 5.41) is 3.06. The summed E-state index contributed by atoms with van der Waals surface area (Å²) in [6.45, 7) is 4.06. The molecule has 1 saturated carbocycles. The zero-order valence-corrected chi connectivity index (χ0v) is 19.8. The van der Waals surface area contributed by atoms with Crippen molar-refractivity contribution in [3.05, 3.63) is 23.8 Å². The minimum atomic E-state index is -3.79. The van der Waals surface area contributed by atoms with Crippen LogP contribution in [-0.2, 0) is 14.8 Å². The molecule has 31 heavy (non-hydrogen) atoms. The van der Waals surface area contributed by atoms with Gasteiger partial charge in [-0.1, -0.05) is 19.8 Å². The van der Waals surface area contributed by atoms with Gasteiger partial charge in [-0.05, 0) is 51.1 Å². The van der Waals surface area contributed by atoms with Crippen LogP contribution in [0, 0.1) is 5.92 Å². The van der Waals surface area contributed by atoms with E-state index in [4.69, 9.17) is 9.47 Å². The summed E-state index contributed by atoms with van der Waals surface area (Å²) in [6, 6.07) is 4.58. The molecule has 1 heterocycles. The van der Waals surface area contributed by atoms with Crippen molar-refractivity contribution in [1.29, 1.82) is 0 Å². The number of methoxy groups -OCH3 is 1. The predicted molar refractivity (Wildman–Crippen MR) is 119 cm³/mol. The van der Waals surface area contributed by atoms with Crippen LogP contribution in [0.4, 0.5) is 0 Å². The van der Waals surface area contributed by atoms with E-state index in [9.17, 15) is 13.2 Å².